The molecule has 0 radical (unpaired) electrons. The number of likely N-dealkylation sites (tertiary alicyclic amines) is 1. The van der Waals surface area contributed by atoms with Crippen molar-refractivity contribution in [3.63, 3.8) is 0 Å². The zero-order valence-electron chi connectivity index (χ0n) is 11.9. The summed E-state index contributed by atoms with van der Waals surface area (Å²) in [5.41, 5.74) is 0.815. The molecule has 1 aromatic carbocycles. The van der Waals surface area contributed by atoms with Gasteiger partial charge in [-0.15, -0.1) is 0 Å². The van der Waals surface area contributed by atoms with Crippen LogP contribution >= 0.6 is 23.2 Å². The van der Waals surface area contributed by atoms with Crippen molar-refractivity contribution in [1.82, 2.24) is 4.90 Å². The number of hydrogen-bond acceptors (Lipinski definition) is 2. The molecule has 2 rings (SSSR count). The molecule has 1 unspecified atom stereocenters. The van der Waals surface area contributed by atoms with Crippen molar-refractivity contribution >= 4 is 34.8 Å². The third kappa shape index (κ3) is 3.46. The minimum absolute atomic E-state index is 0.0337. The highest BCUT2D eigenvalue weighted by Gasteiger charge is 2.26. The first-order valence-electron chi connectivity index (χ1n) is 7.00. The van der Waals surface area contributed by atoms with E-state index in [1.54, 1.807) is 24.0 Å². The molecular formula is C15H20Cl2N2O. The Morgan fingerprint density at radius 3 is 2.75 bits per heavy atom. The molecule has 0 N–H and O–H groups in total. The number of nitrogens with zero attached hydrogens (tertiary/aromatic N) is 2. The summed E-state index contributed by atoms with van der Waals surface area (Å²) in [5, 5.41) is 0.990. The molecule has 0 saturated carbocycles. The van der Waals surface area contributed by atoms with Crippen molar-refractivity contribution in [3.8, 4) is 0 Å². The maximum Gasteiger partial charge on any atom is 0.223 e. The molecule has 20 heavy (non-hydrogen) atoms. The van der Waals surface area contributed by atoms with E-state index in [4.69, 9.17) is 23.2 Å². The quantitative estimate of drug-likeness (QED) is 0.843. The summed E-state index contributed by atoms with van der Waals surface area (Å²) in [6, 6.07) is 5.78. The van der Waals surface area contributed by atoms with Crippen molar-refractivity contribution in [1.29, 1.82) is 0 Å². The summed E-state index contributed by atoms with van der Waals surface area (Å²) in [6.45, 7) is 6.61. The number of halogens is 2. The van der Waals surface area contributed by atoms with Gasteiger partial charge in [0.25, 0.3) is 0 Å². The van der Waals surface area contributed by atoms with Gasteiger partial charge in [0.15, 0.2) is 0 Å². The molecule has 1 aliphatic rings. The summed E-state index contributed by atoms with van der Waals surface area (Å²) in [4.78, 5) is 16.2. The normalized spacial score (nSPS) is 19.3. The van der Waals surface area contributed by atoms with Crippen LogP contribution in [0.5, 0.6) is 0 Å². The van der Waals surface area contributed by atoms with Crippen molar-refractivity contribution in [2.75, 3.05) is 24.5 Å². The van der Waals surface area contributed by atoms with Crippen molar-refractivity contribution in [3.05, 3.63) is 28.2 Å². The molecule has 0 aromatic heterocycles. The number of amides is 1. The van der Waals surface area contributed by atoms with E-state index in [0.717, 1.165) is 25.2 Å². The fourth-order valence-electron chi connectivity index (χ4n) is 2.80. The molecule has 1 amide bonds. The Balaban J connectivity index is 2.18. The van der Waals surface area contributed by atoms with Gasteiger partial charge in [0.05, 0.1) is 10.0 Å². The maximum atomic E-state index is 12.0. The Morgan fingerprint density at radius 1 is 1.40 bits per heavy atom. The van der Waals surface area contributed by atoms with Crippen LogP contribution in [0.1, 0.15) is 26.7 Å². The van der Waals surface area contributed by atoms with Gasteiger partial charge in [-0.25, -0.2) is 0 Å². The van der Waals surface area contributed by atoms with E-state index < -0.39 is 0 Å². The first-order valence-corrected chi connectivity index (χ1v) is 7.75. The fourth-order valence-corrected chi connectivity index (χ4v) is 3.09. The van der Waals surface area contributed by atoms with Crippen LogP contribution in [0.25, 0.3) is 0 Å². The van der Waals surface area contributed by atoms with Gasteiger partial charge >= 0.3 is 0 Å². The van der Waals surface area contributed by atoms with Crippen LogP contribution in [0.2, 0.25) is 10.0 Å². The largest absolute Gasteiger partial charge is 0.311 e. The van der Waals surface area contributed by atoms with Gasteiger partial charge in [0.1, 0.15) is 0 Å². The van der Waals surface area contributed by atoms with Gasteiger partial charge in [0, 0.05) is 25.2 Å². The molecule has 1 fully saturated rings. The fraction of sp³-hybridized carbons (Fsp3) is 0.533. The summed E-state index contributed by atoms with van der Waals surface area (Å²) < 4.78 is 0. The van der Waals surface area contributed by atoms with Gasteiger partial charge in [-0.05, 0) is 44.1 Å². The lowest BCUT2D eigenvalue weighted by Gasteiger charge is -2.30. The molecule has 0 aliphatic carbocycles. The highest BCUT2D eigenvalue weighted by Crippen LogP contribution is 2.28. The number of rotatable bonds is 4. The molecule has 1 aromatic rings. The van der Waals surface area contributed by atoms with Crippen LogP contribution < -0.4 is 4.90 Å². The van der Waals surface area contributed by atoms with Crippen LogP contribution in [0, 0.1) is 0 Å². The van der Waals surface area contributed by atoms with Crippen molar-refractivity contribution in [2.24, 2.45) is 0 Å². The standard InChI is InChI=1S/C15H20Cl2N2O/c1-3-18-8-4-5-13(18)10-19(11(2)20)12-6-7-14(16)15(17)9-12/h6-7,9,13H,3-5,8,10H2,1-2H3. The Kier molecular flexibility index (Phi) is 5.30. The highest BCUT2D eigenvalue weighted by atomic mass is 35.5. The predicted octanol–water partition coefficient (Wildman–Crippen LogP) is 3.83. The van der Waals surface area contributed by atoms with E-state index in [0.29, 0.717) is 22.6 Å². The number of benzene rings is 1. The summed E-state index contributed by atoms with van der Waals surface area (Å²) in [7, 11) is 0. The van der Waals surface area contributed by atoms with E-state index >= 15 is 0 Å². The lowest BCUT2D eigenvalue weighted by molar-refractivity contribution is -0.116. The molecule has 1 atom stereocenters. The third-order valence-electron chi connectivity index (χ3n) is 3.89. The third-order valence-corrected chi connectivity index (χ3v) is 4.63. The smallest absolute Gasteiger partial charge is 0.223 e. The van der Waals surface area contributed by atoms with Crippen LogP contribution in [0.4, 0.5) is 5.69 Å². The maximum absolute atomic E-state index is 12.0. The molecule has 0 bridgehead atoms. The van der Waals surface area contributed by atoms with Gasteiger partial charge in [-0.3, -0.25) is 9.69 Å². The van der Waals surface area contributed by atoms with E-state index in [2.05, 4.69) is 11.8 Å². The van der Waals surface area contributed by atoms with E-state index in [9.17, 15) is 4.79 Å². The number of carbonyl (C=O) groups excluding carboxylic acids is 1. The van der Waals surface area contributed by atoms with Crippen molar-refractivity contribution in [2.45, 2.75) is 32.7 Å². The molecule has 0 spiro atoms. The number of hydrogen-bond donors (Lipinski definition) is 0. The van der Waals surface area contributed by atoms with Crippen LogP contribution in [-0.4, -0.2) is 36.5 Å². The van der Waals surface area contributed by atoms with Crippen LogP contribution in [-0.2, 0) is 4.79 Å². The molecule has 1 saturated heterocycles. The molecule has 3 nitrogen and oxygen atoms in total. The van der Waals surface area contributed by atoms with Gasteiger partial charge in [-0.2, -0.15) is 0 Å². The number of carbonyl (C=O) groups is 1. The SMILES string of the molecule is CCN1CCCC1CN(C(C)=O)c1ccc(Cl)c(Cl)c1. The molecule has 110 valence electrons. The molecule has 1 heterocycles. The van der Waals surface area contributed by atoms with E-state index in [-0.39, 0.29) is 5.91 Å². The number of anilines is 1. The Hall–Kier alpha value is -0.770. The second-order valence-corrected chi connectivity index (χ2v) is 5.97. The van der Waals surface area contributed by atoms with E-state index in [1.165, 1.54) is 6.42 Å². The lowest BCUT2D eigenvalue weighted by atomic mass is 10.2. The molecule has 5 heteroatoms. The first-order chi connectivity index (χ1) is 9.52. The number of likely N-dealkylation sites (N-methyl/N-ethyl adjacent to an activating group) is 1. The zero-order valence-corrected chi connectivity index (χ0v) is 13.4. The Labute approximate surface area is 130 Å². The predicted molar refractivity (Wildman–Crippen MR) is 84.8 cm³/mol. The first kappa shape index (κ1) is 15.6. The van der Waals surface area contributed by atoms with Gasteiger partial charge < -0.3 is 4.90 Å². The average molecular weight is 315 g/mol. The second-order valence-electron chi connectivity index (χ2n) is 5.15. The summed E-state index contributed by atoms with van der Waals surface area (Å²) in [6.07, 6.45) is 2.34. The topological polar surface area (TPSA) is 23.6 Å². The second kappa shape index (κ2) is 6.79. The average Bonchev–Trinajstić information content (AvgIpc) is 2.86. The Bertz CT molecular complexity index is 493. The van der Waals surface area contributed by atoms with Crippen molar-refractivity contribution < 1.29 is 4.79 Å². The highest BCUT2D eigenvalue weighted by molar-refractivity contribution is 6.42. The monoisotopic (exact) mass is 314 g/mol. The van der Waals surface area contributed by atoms with Crippen LogP contribution in [0.15, 0.2) is 18.2 Å². The minimum atomic E-state index is 0.0337. The lowest BCUT2D eigenvalue weighted by Crippen LogP contribution is -2.42. The van der Waals surface area contributed by atoms with Gasteiger partial charge in [0.2, 0.25) is 5.91 Å². The van der Waals surface area contributed by atoms with E-state index in [1.807, 2.05) is 6.07 Å². The summed E-state index contributed by atoms with van der Waals surface area (Å²) >= 11 is 12.0. The Morgan fingerprint density at radius 2 is 2.15 bits per heavy atom. The summed E-state index contributed by atoms with van der Waals surface area (Å²) in [5.74, 6) is 0.0337. The van der Waals surface area contributed by atoms with Gasteiger partial charge in [-0.1, -0.05) is 30.1 Å². The zero-order chi connectivity index (χ0) is 14.7. The molecular weight excluding hydrogens is 295 g/mol. The van der Waals surface area contributed by atoms with Crippen LogP contribution in [0.3, 0.4) is 0 Å². The molecule has 1 aliphatic heterocycles. The minimum Gasteiger partial charge on any atom is -0.311 e.